The van der Waals surface area contributed by atoms with Crippen molar-refractivity contribution in [3.63, 3.8) is 0 Å². The first-order valence-corrected chi connectivity index (χ1v) is 9.27. The lowest BCUT2D eigenvalue weighted by molar-refractivity contribution is -0.305. The monoisotopic (exact) mass is 389 g/mol. The van der Waals surface area contributed by atoms with Crippen LogP contribution in [0.2, 0.25) is 5.02 Å². The number of nitrogens with one attached hydrogen (secondary N) is 1. The van der Waals surface area contributed by atoms with Crippen molar-refractivity contribution in [2.24, 2.45) is 10.9 Å². The summed E-state index contributed by atoms with van der Waals surface area (Å²) in [5.41, 5.74) is 1.91. The zero-order chi connectivity index (χ0) is 19.1. The zero-order valence-corrected chi connectivity index (χ0v) is 16.3. The van der Waals surface area contributed by atoms with E-state index in [0.29, 0.717) is 30.1 Å². The Morgan fingerprint density at radius 1 is 1.11 bits per heavy atom. The molecule has 0 bridgehead atoms. The fourth-order valence-corrected chi connectivity index (χ4v) is 2.58. The first-order valence-electron chi connectivity index (χ1n) is 8.89. The van der Waals surface area contributed by atoms with Crippen LogP contribution in [0.4, 0.5) is 5.69 Å². The summed E-state index contributed by atoms with van der Waals surface area (Å²) in [6.45, 7) is 6.05. The van der Waals surface area contributed by atoms with Gasteiger partial charge in [0.25, 0.3) is 0 Å². The van der Waals surface area contributed by atoms with Crippen LogP contribution >= 0.6 is 11.6 Å². The number of ether oxygens (including phenoxy) is 1. The third kappa shape index (κ3) is 6.13. The molecule has 2 aromatic rings. The van der Waals surface area contributed by atoms with Gasteiger partial charge in [0.15, 0.2) is 13.5 Å². The largest absolute Gasteiger partial charge is 0.493 e. The van der Waals surface area contributed by atoms with Crippen LogP contribution in [-0.2, 0) is 16.3 Å². The minimum absolute atomic E-state index is 0.228. The van der Waals surface area contributed by atoms with Gasteiger partial charge in [0.1, 0.15) is 5.75 Å². The van der Waals surface area contributed by atoms with Gasteiger partial charge in [0, 0.05) is 11.6 Å². The molecule has 1 heterocycles. The van der Waals surface area contributed by atoms with Gasteiger partial charge in [0.2, 0.25) is 5.96 Å². The van der Waals surface area contributed by atoms with Crippen LogP contribution in [0.25, 0.3) is 0 Å². The first kappa shape index (κ1) is 19.5. The van der Waals surface area contributed by atoms with Crippen molar-refractivity contribution < 1.29 is 14.5 Å². The van der Waals surface area contributed by atoms with E-state index in [1.807, 2.05) is 53.4 Å². The number of nitrogens with zero attached hydrogens (tertiary/aromatic N) is 2. The predicted molar refractivity (Wildman–Crippen MR) is 106 cm³/mol. The molecule has 27 heavy (non-hydrogen) atoms. The Morgan fingerprint density at radius 2 is 1.85 bits per heavy atom. The highest BCUT2D eigenvalue weighted by Crippen LogP contribution is 2.20. The number of rotatable bonds is 6. The van der Waals surface area contributed by atoms with E-state index in [2.05, 4.69) is 19.2 Å². The third-order valence-electron chi connectivity index (χ3n) is 3.82. The Kier molecular flexibility index (Phi) is 6.92. The maximum atomic E-state index is 5.96. The summed E-state index contributed by atoms with van der Waals surface area (Å²) in [5, 5.41) is 3.85. The molecule has 144 valence electrons. The number of hydrogen-bond donors (Lipinski definition) is 1. The van der Waals surface area contributed by atoms with E-state index in [4.69, 9.17) is 31.1 Å². The Bertz CT molecular complexity index is 748. The Morgan fingerprint density at radius 3 is 2.56 bits per heavy atom. The van der Waals surface area contributed by atoms with E-state index in [1.165, 1.54) is 0 Å². The summed E-state index contributed by atoms with van der Waals surface area (Å²) in [6.07, 6.45) is 0. The molecule has 2 aromatic carbocycles. The number of benzene rings is 2. The van der Waals surface area contributed by atoms with Crippen molar-refractivity contribution in [3.8, 4) is 5.75 Å². The van der Waals surface area contributed by atoms with Crippen LogP contribution in [0.5, 0.6) is 5.75 Å². The summed E-state index contributed by atoms with van der Waals surface area (Å²) in [4.78, 5) is 16.9. The standard InChI is InChI=1S/C20H24ClN3O3/c1-15(2)12-25-19-9-7-18(8-10-19)23-20-22-13-26-27-14-24(20)11-16-3-5-17(21)6-4-16/h3-10,15H,11-14H2,1-2H3,(H,22,23). The van der Waals surface area contributed by atoms with Gasteiger partial charge in [-0.2, -0.15) is 0 Å². The average molecular weight is 390 g/mol. The molecule has 0 radical (unpaired) electrons. The van der Waals surface area contributed by atoms with E-state index in [0.717, 1.165) is 17.0 Å². The second kappa shape index (κ2) is 9.60. The quantitative estimate of drug-likeness (QED) is 0.745. The zero-order valence-electron chi connectivity index (χ0n) is 15.5. The van der Waals surface area contributed by atoms with E-state index < -0.39 is 0 Å². The topological polar surface area (TPSA) is 55.3 Å². The highest BCUT2D eigenvalue weighted by atomic mass is 35.5. The molecule has 0 atom stereocenters. The van der Waals surface area contributed by atoms with E-state index in [-0.39, 0.29) is 13.5 Å². The van der Waals surface area contributed by atoms with Crippen LogP contribution in [0, 0.1) is 5.92 Å². The van der Waals surface area contributed by atoms with Crippen molar-refractivity contribution in [1.82, 2.24) is 10.2 Å². The van der Waals surface area contributed by atoms with Crippen LogP contribution in [0.3, 0.4) is 0 Å². The van der Waals surface area contributed by atoms with Crippen LogP contribution in [0.15, 0.2) is 53.5 Å². The summed E-state index contributed by atoms with van der Waals surface area (Å²) in [7, 11) is 0. The number of aliphatic imine (C=N–C) groups is 1. The van der Waals surface area contributed by atoms with Gasteiger partial charge in [-0.05, 0) is 47.9 Å². The molecular formula is C20H24ClN3O3. The molecule has 0 aromatic heterocycles. The lowest BCUT2D eigenvalue weighted by Crippen LogP contribution is -2.39. The summed E-state index contributed by atoms with van der Waals surface area (Å²) >= 11 is 5.96. The van der Waals surface area contributed by atoms with Gasteiger partial charge in [-0.1, -0.05) is 37.6 Å². The Hall–Kier alpha value is -2.28. The van der Waals surface area contributed by atoms with Crippen LogP contribution in [-0.4, -0.2) is 30.9 Å². The summed E-state index contributed by atoms with van der Waals surface area (Å²) in [6, 6.07) is 15.4. The van der Waals surface area contributed by atoms with Crippen molar-refractivity contribution in [1.29, 1.82) is 0 Å². The third-order valence-corrected chi connectivity index (χ3v) is 4.07. The molecule has 1 N–H and O–H groups in total. The normalized spacial score (nSPS) is 16.3. The fourth-order valence-electron chi connectivity index (χ4n) is 2.45. The summed E-state index contributed by atoms with van der Waals surface area (Å²) in [5.74, 6) is 2.01. The van der Waals surface area contributed by atoms with E-state index >= 15 is 0 Å². The molecular weight excluding hydrogens is 366 g/mol. The molecule has 0 saturated carbocycles. The SMILES string of the molecule is CC(C)COc1ccc(/N=C2\NCOOCN2Cc2ccc(Cl)cc2)cc1. The van der Waals surface area contributed by atoms with Crippen molar-refractivity contribution in [3.05, 3.63) is 59.1 Å². The van der Waals surface area contributed by atoms with E-state index in [9.17, 15) is 0 Å². The molecule has 7 heteroatoms. The first-order chi connectivity index (χ1) is 13.1. The molecule has 1 saturated heterocycles. The smallest absolute Gasteiger partial charge is 0.203 e. The molecule has 1 aliphatic heterocycles. The van der Waals surface area contributed by atoms with Gasteiger partial charge >= 0.3 is 0 Å². The van der Waals surface area contributed by atoms with Crippen LogP contribution in [0.1, 0.15) is 19.4 Å². The molecule has 1 aliphatic rings. The average Bonchev–Trinajstić information content (AvgIpc) is 2.88. The molecule has 1 fully saturated rings. The minimum Gasteiger partial charge on any atom is -0.493 e. The molecule has 0 aliphatic carbocycles. The minimum atomic E-state index is 0.228. The van der Waals surface area contributed by atoms with Crippen molar-refractivity contribution in [2.75, 3.05) is 20.1 Å². The van der Waals surface area contributed by atoms with Gasteiger partial charge in [-0.25, -0.2) is 14.8 Å². The molecule has 3 rings (SSSR count). The molecule has 0 unspecified atom stereocenters. The molecule has 0 amide bonds. The lowest BCUT2D eigenvalue weighted by Gasteiger charge is -2.22. The summed E-state index contributed by atoms with van der Waals surface area (Å²) < 4.78 is 5.72. The second-order valence-electron chi connectivity index (χ2n) is 6.64. The highest BCUT2D eigenvalue weighted by molar-refractivity contribution is 6.30. The molecule has 6 nitrogen and oxygen atoms in total. The Labute approximate surface area is 164 Å². The van der Waals surface area contributed by atoms with Crippen molar-refractivity contribution >= 4 is 23.2 Å². The number of hydrogen-bond acceptors (Lipinski definition) is 4. The second-order valence-corrected chi connectivity index (χ2v) is 7.08. The lowest BCUT2D eigenvalue weighted by atomic mass is 10.2. The maximum absolute atomic E-state index is 5.96. The number of halogens is 1. The van der Waals surface area contributed by atoms with Gasteiger partial charge < -0.3 is 15.0 Å². The van der Waals surface area contributed by atoms with Gasteiger partial charge in [-0.15, -0.1) is 0 Å². The van der Waals surface area contributed by atoms with Crippen LogP contribution < -0.4 is 10.1 Å². The maximum Gasteiger partial charge on any atom is 0.203 e. The fraction of sp³-hybridized carbons (Fsp3) is 0.350. The van der Waals surface area contributed by atoms with Gasteiger partial charge in [0.05, 0.1) is 12.3 Å². The van der Waals surface area contributed by atoms with E-state index in [1.54, 1.807) is 0 Å². The predicted octanol–water partition coefficient (Wildman–Crippen LogP) is 4.33. The van der Waals surface area contributed by atoms with Gasteiger partial charge in [-0.3, -0.25) is 0 Å². The van der Waals surface area contributed by atoms with Crippen molar-refractivity contribution in [2.45, 2.75) is 20.4 Å². The highest BCUT2D eigenvalue weighted by Gasteiger charge is 2.16. The number of guanidine groups is 1. The molecule has 0 spiro atoms. The Balaban J connectivity index is 1.72.